The van der Waals surface area contributed by atoms with Crippen LogP contribution in [0, 0.1) is 5.82 Å². The van der Waals surface area contributed by atoms with Crippen LogP contribution < -0.4 is 10.6 Å². The van der Waals surface area contributed by atoms with E-state index < -0.39 is 6.03 Å². The molecule has 2 aromatic carbocycles. The molecular formula is C20H22FN3O2. The third-order valence-corrected chi connectivity index (χ3v) is 4.64. The third kappa shape index (κ3) is 4.20. The highest BCUT2D eigenvalue weighted by Crippen LogP contribution is 2.25. The second-order valence-corrected chi connectivity index (χ2v) is 6.45. The van der Waals surface area contributed by atoms with Crippen LogP contribution >= 0.6 is 0 Å². The van der Waals surface area contributed by atoms with Gasteiger partial charge in [-0.3, -0.25) is 4.79 Å². The second kappa shape index (κ2) is 7.99. The molecule has 1 fully saturated rings. The maximum Gasteiger partial charge on any atom is 0.315 e. The first-order valence-electron chi connectivity index (χ1n) is 8.67. The van der Waals surface area contributed by atoms with Crippen molar-refractivity contribution < 1.29 is 14.0 Å². The first-order chi connectivity index (χ1) is 12.5. The van der Waals surface area contributed by atoms with Crippen molar-refractivity contribution in [2.75, 3.05) is 6.54 Å². The minimum absolute atomic E-state index is 0.0146. The van der Waals surface area contributed by atoms with Crippen LogP contribution in [0.15, 0.2) is 54.6 Å². The Labute approximate surface area is 152 Å². The number of halogens is 1. The second-order valence-electron chi connectivity index (χ2n) is 6.45. The Morgan fingerprint density at radius 1 is 1.19 bits per heavy atom. The molecular weight excluding hydrogens is 333 g/mol. The molecule has 3 amide bonds. The van der Waals surface area contributed by atoms with E-state index in [2.05, 4.69) is 10.6 Å². The smallest absolute Gasteiger partial charge is 0.315 e. The number of hydrogen-bond donors (Lipinski definition) is 2. The first-order valence-corrected chi connectivity index (χ1v) is 8.67. The van der Waals surface area contributed by atoms with Crippen molar-refractivity contribution in [1.29, 1.82) is 0 Å². The van der Waals surface area contributed by atoms with Gasteiger partial charge in [0.05, 0.1) is 12.1 Å². The van der Waals surface area contributed by atoms with Gasteiger partial charge in [0.25, 0.3) is 0 Å². The van der Waals surface area contributed by atoms with Crippen LogP contribution in [0.4, 0.5) is 9.18 Å². The lowest BCUT2D eigenvalue weighted by atomic mass is 10.1. The summed E-state index contributed by atoms with van der Waals surface area (Å²) in [5.41, 5.74) is 1.48. The summed E-state index contributed by atoms with van der Waals surface area (Å²) in [6, 6.07) is 15.4. The van der Waals surface area contributed by atoms with Crippen LogP contribution in [-0.2, 0) is 11.3 Å². The highest BCUT2D eigenvalue weighted by atomic mass is 19.1. The molecule has 0 radical (unpaired) electrons. The van der Waals surface area contributed by atoms with E-state index in [0.717, 1.165) is 5.56 Å². The minimum Gasteiger partial charge on any atom is -0.334 e. The van der Waals surface area contributed by atoms with E-state index in [4.69, 9.17) is 0 Å². The minimum atomic E-state index is -0.403. The number of carbonyl (C=O) groups is 2. The van der Waals surface area contributed by atoms with Gasteiger partial charge in [-0.05, 0) is 18.6 Å². The summed E-state index contributed by atoms with van der Waals surface area (Å²) in [6.07, 6.45) is 0.268. The average Bonchev–Trinajstić information content (AvgIpc) is 3.01. The molecule has 0 saturated carbocycles. The summed E-state index contributed by atoms with van der Waals surface area (Å²) in [7, 11) is 0. The van der Waals surface area contributed by atoms with Crippen LogP contribution in [0.5, 0.6) is 0 Å². The molecule has 2 N–H and O–H groups in total. The van der Waals surface area contributed by atoms with Crippen molar-refractivity contribution in [3.63, 3.8) is 0 Å². The Balaban J connectivity index is 1.52. The predicted molar refractivity (Wildman–Crippen MR) is 96.7 cm³/mol. The van der Waals surface area contributed by atoms with Gasteiger partial charge in [-0.15, -0.1) is 0 Å². The fourth-order valence-corrected chi connectivity index (χ4v) is 3.17. The number of hydrogen-bond acceptors (Lipinski definition) is 2. The molecule has 0 spiro atoms. The van der Waals surface area contributed by atoms with Gasteiger partial charge in [-0.1, -0.05) is 48.5 Å². The molecule has 136 valence electrons. The van der Waals surface area contributed by atoms with E-state index in [1.54, 1.807) is 23.1 Å². The molecule has 3 rings (SSSR count). The Hall–Kier alpha value is -2.89. The Morgan fingerprint density at radius 3 is 2.62 bits per heavy atom. The molecule has 26 heavy (non-hydrogen) atoms. The highest BCUT2D eigenvalue weighted by molar-refractivity contribution is 5.82. The summed E-state index contributed by atoms with van der Waals surface area (Å²) in [5, 5.41) is 5.44. The molecule has 0 bridgehead atoms. The van der Waals surface area contributed by atoms with Gasteiger partial charge in [0.2, 0.25) is 5.91 Å². The fraction of sp³-hybridized carbons (Fsp3) is 0.300. The van der Waals surface area contributed by atoms with Gasteiger partial charge in [-0.25, -0.2) is 9.18 Å². The molecule has 2 aromatic rings. The van der Waals surface area contributed by atoms with Gasteiger partial charge >= 0.3 is 6.03 Å². The van der Waals surface area contributed by atoms with Crippen molar-refractivity contribution in [1.82, 2.24) is 15.5 Å². The molecule has 0 aliphatic carbocycles. The number of rotatable bonds is 5. The number of urea groups is 1. The summed E-state index contributed by atoms with van der Waals surface area (Å²) in [5.74, 6) is -0.340. The zero-order valence-corrected chi connectivity index (χ0v) is 14.6. The van der Waals surface area contributed by atoms with Crippen molar-refractivity contribution in [3.8, 4) is 0 Å². The molecule has 0 aromatic heterocycles. The van der Waals surface area contributed by atoms with E-state index in [9.17, 15) is 14.0 Å². The molecule has 1 aliphatic rings. The van der Waals surface area contributed by atoms with Gasteiger partial charge in [0.1, 0.15) is 5.82 Å². The van der Waals surface area contributed by atoms with Crippen LogP contribution in [-0.4, -0.2) is 29.4 Å². The standard InChI is InChI=1S/C20H22FN3O2/c1-14(15-7-3-2-4-8-15)24-13-17(11-19(24)25)23-20(26)22-12-16-9-5-6-10-18(16)21/h2-10,14,17H,11-13H2,1H3,(H2,22,23,26). The van der Waals surface area contributed by atoms with E-state index >= 15 is 0 Å². The van der Waals surface area contributed by atoms with Crippen molar-refractivity contribution in [2.45, 2.75) is 32.0 Å². The average molecular weight is 355 g/mol. The van der Waals surface area contributed by atoms with Crippen molar-refractivity contribution in [3.05, 3.63) is 71.5 Å². The number of nitrogens with one attached hydrogen (secondary N) is 2. The quantitative estimate of drug-likeness (QED) is 0.866. The maximum atomic E-state index is 13.6. The van der Waals surface area contributed by atoms with Gasteiger partial charge in [0.15, 0.2) is 0 Å². The summed E-state index contributed by atoms with van der Waals surface area (Å²) in [6.45, 7) is 2.54. The van der Waals surface area contributed by atoms with Crippen LogP contribution in [0.1, 0.15) is 30.5 Å². The van der Waals surface area contributed by atoms with Crippen molar-refractivity contribution in [2.24, 2.45) is 0 Å². The Morgan fingerprint density at radius 2 is 1.88 bits per heavy atom. The zero-order chi connectivity index (χ0) is 18.5. The lowest BCUT2D eigenvalue weighted by Gasteiger charge is -2.25. The molecule has 1 heterocycles. The number of benzene rings is 2. The first kappa shape index (κ1) is 17.9. The topological polar surface area (TPSA) is 61.4 Å². The van der Waals surface area contributed by atoms with Crippen molar-refractivity contribution >= 4 is 11.9 Å². The molecule has 1 aliphatic heterocycles. The normalized spacial score (nSPS) is 17.8. The van der Waals surface area contributed by atoms with Gasteiger partial charge in [0, 0.05) is 25.1 Å². The highest BCUT2D eigenvalue weighted by Gasteiger charge is 2.33. The van der Waals surface area contributed by atoms with E-state index in [1.807, 2.05) is 37.3 Å². The molecule has 1 saturated heterocycles. The SMILES string of the molecule is CC(c1ccccc1)N1CC(NC(=O)NCc2ccccc2F)CC1=O. The summed E-state index contributed by atoms with van der Waals surface area (Å²) < 4.78 is 13.6. The van der Waals surface area contributed by atoms with Crippen LogP contribution in [0.3, 0.4) is 0 Å². The number of carbonyl (C=O) groups excluding carboxylic acids is 2. The molecule has 2 atom stereocenters. The lowest BCUT2D eigenvalue weighted by Crippen LogP contribution is -2.43. The van der Waals surface area contributed by atoms with Gasteiger partial charge < -0.3 is 15.5 Å². The maximum absolute atomic E-state index is 13.6. The number of likely N-dealkylation sites (tertiary alicyclic amines) is 1. The largest absolute Gasteiger partial charge is 0.334 e. The van der Waals surface area contributed by atoms with Crippen LogP contribution in [0.25, 0.3) is 0 Å². The molecule has 6 heteroatoms. The van der Waals surface area contributed by atoms with E-state index in [-0.39, 0.29) is 36.8 Å². The summed E-state index contributed by atoms with van der Waals surface area (Å²) in [4.78, 5) is 26.1. The third-order valence-electron chi connectivity index (χ3n) is 4.64. The monoisotopic (exact) mass is 355 g/mol. The lowest BCUT2D eigenvalue weighted by molar-refractivity contribution is -0.129. The fourth-order valence-electron chi connectivity index (χ4n) is 3.17. The zero-order valence-electron chi connectivity index (χ0n) is 14.6. The number of amides is 3. The Bertz CT molecular complexity index is 782. The van der Waals surface area contributed by atoms with E-state index in [1.165, 1.54) is 6.07 Å². The molecule has 2 unspecified atom stereocenters. The number of nitrogens with zero attached hydrogens (tertiary/aromatic N) is 1. The molecule has 5 nitrogen and oxygen atoms in total. The van der Waals surface area contributed by atoms with Gasteiger partial charge in [-0.2, -0.15) is 0 Å². The predicted octanol–water partition coefficient (Wildman–Crippen LogP) is 2.99. The Kier molecular flexibility index (Phi) is 5.51. The van der Waals surface area contributed by atoms with E-state index in [0.29, 0.717) is 12.1 Å². The summed E-state index contributed by atoms with van der Waals surface area (Å²) >= 11 is 0. The van der Waals surface area contributed by atoms with Crippen LogP contribution in [0.2, 0.25) is 0 Å².